The number of nitrogens with zero attached hydrogens (tertiary/aromatic N) is 6. The number of piperidine rings is 2. The topological polar surface area (TPSA) is 146 Å². The number of nitrogens with one attached hydrogen (secondary N) is 1. The van der Waals surface area contributed by atoms with Crippen molar-refractivity contribution in [2.24, 2.45) is 0 Å². The largest absolute Gasteiger partial charge is 0.489 e. The van der Waals surface area contributed by atoms with Gasteiger partial charge in [-0.2, -0.15) is 10.2 Å². The molecule has 0 saturated carbocycles. The van der Waals surface area contributed by atoms with E-state index in [1.165, 1.54) is 4.90 Å². The van der Waals surface area contributed by atoms with Gasteiger partial charge in [0.15, 0.2) is 6.10 Å². The molecule has 0 bridgehead atoms. The second-order valence-electron chi connectivity index (χ2n) is 11.9. The number of benzene rings is 1. The Morgan fingerprint density at radius 2 is 1.85 bits per heavy atom. The maximum absolute atomic E-state index is 12.7. The van der Waals surface area contributed by atoms with E-state index in [1.54, 1.807) is 37.6 Å². The number of nitriles is 1. The van der Waals surface area contributed by atoms with Crippen LogP contribution in [0.4, 0.5) is 20.5 Å². The van der Waals surface area contributed by atoms with Crippen LogP contribution in [-0.2, 0) is 9.53 Å². The first-order chi connectivity index (χ1) is 22.8. The van der Waals surface area contributed by atoms with Crippen LogP contribution in [0.15, 0.2) is 42.6 Å². The van der Waals surface area contributed by atoms with Crippen LogP contribution in [0.2, 0.25) is 0 Å². The summed E-state index contributed by atoms with van der Waals surface area (Å²) in [5.41, 5.74) is 2.66. The number of carbonyl (C=O) groups is 1. The number of anilines is 2. The summed E-state index contributed by atoms with van der Waals surface area (Å²) in [4.78, 5) is 29.4. The number of aliphatic hydroxyl groups is 1. The molecule has 3 aromatic rings. The molecule has 5 heterocycles. The third-order valence-electron chi connectivity index (χ3n) is 9.02. The highest BCUT2D eigenvalue weighted by molar-refractivity contribution is 5.81. The van der Waals surface area contributed by atoms with Crippen LogP contribution in [0.5, 0.6) is 11.6 Å². The van der Waals surface area contributed by atoms with Gasteiger partial charge in [0.1, 0.15) is 23.7 Å². The predicted molar refractivity (Wildman–Crippen MR) is 167 cm³/mol. The van der Waals surface area contributed by atoms with Crippen molar-refractivity contribution in [1.82, 2.24) is 24.8 Å². The molecule has 1 aromatic carbocycles. The summed E-state index contributed by atoms with van der Waals surface area (Å²) in [6.07, 6.45) is -1.32. The Morgan fingerprint density at radius 3 is 2.51 bits per heavy atom. The lowest BCUT2D eigenvalue weighted by Gasteiger charge is -2.41. The Kier molecular flexibility index (Phi) is 10.1. The molecule has 1 amide bonds. The van der Waals surface area contributed by atoms with Gasteiger partial charge in [0.2, 0.25) is 11.8 Å². The monoisotopic (exact) mass is 649 g/mol. The first-order valence-electron chi connectivity index (χ1n) is 15.8. The average Bonchev–Trinajstić information content (AvgIpc) is 3.07. The van der Waals surface area contributed by atoms with Crippen LogP contribution >= 0.6 is 0 Å². The predicted octanol–water partition coefficient (Wildman–Crippen LogP) is 3.74. The molecule has 0 spiro atoms. The number of halogens is 2. The maximum Gasteiger partial charge on any atom is 0.273 e. The fraction of sp³-hybridized carbons (Fsp3) is 0.485. The van der Waals surface area contributed by atoms with Gasteiger partial charge in [0, 0.05) is 43.3 Å². The van der Waals surface area contributed by atoms with Crippen LogP contribution in [-0.4, -0.2) is 107 Å². The first kappa shape index (κ1) is 32.5. The first-order valence-corrected chi connectivity index (χ1v) is 15.8. The molecule has 14 heteroatoms. The standard InChI is InChI=1S/C33H37F2N7O5/c1-45-31-25(20-7-12-41(13-8-20)23-18-46-19-23)3-5-28(39-31)40-33-37-11-6-26(38-33)21-2-4-27(22(16-21)17-36)47-24-9-14-42(15-10-24)32(44)29(43)30(34)35/h2-6,11,16,20,23-24,29-30,43H,7-10,12-15,18-19H2,1H3,(H,37,38,39,40)/t29-/m1/s1. The maximum atomic E-state index is 12.7. The lowest BCUT2D eigenvalue weighted by molar-refractivity contribution is -0.150. The Balaban J connectivity index is 1.08. The molecule has 248 valence electrons. The van der Waals surface area contributed by atoms with Crippen molar-refractivity contribution in [3.8, 4) is 29.0 Å². The number of amides is 1. The van der Waals surface area contributed by atoms with E-state index in [2.05, 4.69) is 32.3 Å². The zero-order valence-electron chi connectivity index (χ0n) is 26.0. The fourth-order valence-corrected chi connectivity index (χ4v) is 6.25. The SMILES string of the molecule is COc1nc(Nc2nccc(-c3ccc(OC4CCN(C(=O)[C@H](O)C(F)F)CC4)c(C#N)c3)n2)ccc1C1CCN(C2COC2)CC1. The molecular weight excluding hydrogens is 612 g/mol. The molecule has 3 aliphatic heterocycles. The number of hydrogen-bond donors (Lipinski definition) is 2. The number of aliphatic hydroxyl groups excluding tert-OH is 1. The number of likely N-dealkylation sites (tertiary alicyclic amines) is 2. The normalized spacial score (nSPS) is 18.8. The average molecular weight is 650 g/mol. The van der Waals surface area contributed by atoms with Crippen LogP contribution < -0.4 is 14.8 Å². The van der Waals surface area contributed by atoms with E-state index in [4.69, 9.17) is 19.2 Å². The summed E-state index contributed by atoms with van der Waals surface area (Å²) in [5, 5.41) is 22.4. The highest BCUT2D eigenvalue weighted by Gasteiger charge is 2.33. The molecule has 0 radical (unpaired) electrons. The van der Waals surface area contributed by atoms with Gasteiger partial charge in [-0.1, -0.05) is 0 Å². The molecule has 0 aliphatic carbocycles. The van der Waals surface area contributed by atoms with Crippen molar-refractivity contribution in [2.75, 3.05) is 51.8 Å². The second-order valence-corrected chi connectivity index (χ2v) is 11.9. The van der Waals surface area contributed by atoms with Gasteiger partial charge in [-0.15, -0.1) is 0 Å². The summed E-state index contributed by atoms with van der Waals surface area (Å²) in [6, 6.07) is 13.6. The zero-order chi connectivity index (χ0) is 32.9. The number of carbonyl (C=O) groups excluding carboxylic acids is 1. The Hall–Kier alpha value is -4.45. The minimum atomic E-state index is -3.13. The van der Waals surface area contributed by atoms with Crippen molar-refractivity contribution in [3.63, 3.8) is 0 Å². The van der Waals surface area contributed by atoms with E-state index >= 15 is 0 Å². The van der Waals surface area contributed by atoms with Crippen molar-refractivity contribution in [1.29, 1.82) is 5.26 Å². The van der Waals surface area contributed by atoms with Gasteiger partial charge in [-0.05, 0) is 68.2 Å². The Morgan fingerprint density at radius 1 is 1.09 bits per heavy atom. The summed E-state index contributed by atoms with van der Waals surface area (Å²) in [6.45, 7) is 4.05. The molecular formula is C33H37F2N7O5. The minimum Gasteiger partial charge on any atom is -0.489 e. The van der Waals surface area contributed by atoms with Gasteiger partial charge in [-0.25, -0.2) is 18.7 Å². The van der Waals surface area contributed by atoms with Crippen LogP contribution in [0.1, 0.15) is 42.7 Å². The molecule has 3 saturated heterocycles. The number of pyridine rings is 1. The summed E-state index contributed by atoms with van der Waals surface area (Å²) in [5.74, 6) is 1.21. The van der Waals surface area contributed by atoms with Crippen LogP contribution in [0.25, 0.3) is 11.3 Å². The highest BCUT2D eigenvalue weighted by atomic mass is 19.3. The number of ether oxygens (including phenoxy) is 3. The molecule has 0 unspecified atom stereocenters. The van der Waals surface area contributed by atoms with Gasteiger partial charge in [-0.3, -0.25) is 9.69 Å². The lowest BCUT2D eigenvalue weighted by atomic mass is 9.89. The van der Waals surface area contributed by atoms with E-state index in [-0.39, 0.29) is 19.2 Å². The summed E-state index contributed by atoms with van der Waals surface area (Å²) >= 11 is 0. The Labute approximate surface area is 271 Å². The quantitative estimate of drug-likeness (QED) is 0.331. The fourth-order valence-electron chi connectivity index (χ4n) is 6.25. The van der Waals surface area contributed by atoms with Gasteiger partial charge in [0.25, 0.3) is 12.3 Å². The summed E-state index contributed by atoms with van der Waals surface area (Å²) < 4.78 is 42.5. The van der Waals surface area contributed by atoms with E-state index in [0.717, 1.165) is 44.7 Å². The van der Waals surface area contributed by atoms with Crippen molar-refractivity contribution < 1.29 is 32.9 Å². The molecule has 1 atom stereocenters. The molecule has 47 heavy (non-hydrogen) atoms. The zero-order valence-corrected chi connectivity index (χ0v) is 26.0. The number of rotatable bonds is 10. The molecule has 6 rings (SSSR count). The van der Waals surface area contributed by atoms with Gasteiger partial charge in [0.05, 0.1) is 37.6 Å². The number of alkyl halides is 2. The number of methoxy groups -OCH3 is 1. The molecule has 2 aromatic heterocycles. The summed E-state index contributed by atoms with van der Waals surface area (Å²) in [7, 11) is 1.62. The molecule has 12 nitrogen and oxygen atoms in total. The molecule has 3 aliphatic rings. The van der Waals surface area contributed by atoms with Crippen LogP contribution in [0.3, 0.4) is 0 Å². The van der Waals surface area contributed by atoms with E-state index in [0.29, 0.717) is 65.0 Å². The smallest absolute Gasteiger partial charge is 0.273 e. The van der Waals surface area contributed by atoms with Gasteiger partial charge < -0.3 is 29.5 Å². The Bertz CT molecular complexity index is 1600. The van der Waals surface area contributed by atoms with Crippen molar-refractivity contribution >= 4 is 17.7 Å². The van der Waals surface area contributed by atoms with E-state index < -0.39 is 18.4 Å². The minimum absolute atomic E-state index is 0.170. The third-order valence-corrected chi connectivity index (χ3v) is 9.02. The molecule has 2 N–H and O–H groups in total. The van der Waals surface area contributed by atoms with Crippen LogP contribution in [0, 0.1) is 11.3 Å². The van der Waals surface area contributed by atoms with Gasteiger partial charge >= 0.3 is 0 Å². The molecule has 3 fully saturated rings. The number of hydrogen-bond acceptors (Lipinski definition) is 11. The van der Waals surface area contributed by atoms with E-state index in [1.807, 2.05) is 6.07 Å². The second kappa shape index (κ2) is 14.5. The number of aromatic nitrogens is 3. The lowest BCUT2D eigenvalue weighted by Crippen LogP contribution is -2.51. The van der Waals surface area contributed by atoms with Crippen molar-refractivity contribution in [3.05, 3.63) is 53.7 Å². The van der Waals surface area contributed by atoms with E-state index in [9.17, 15) is 23.9 Å². The third kappa shape index (κ3) is 7.43. The highest BCUT2D eigenvalue weighted by Crippen LogP contribution is 2.35. The van der Waals surface area contributed by atoms with Crippen molar-refractivity contribution in [2.45, 2.75) is 56.3 Å².